The van der Waals surface area contributed by atoms with Gasteiger partial charge >= 0.3 is 0 Å². The molecule has 4 rings (SSSR count). The van der Waals surface area contributed by atoms with Crippen molar-refractivity contribution in [3.8, 4) is 0 Å². The standard InChI is InChI=1S/C19H29N5/c1-19(2,3)16-8-9-17-20-21-18(24(17)22-16)14-10-12-23(13-11-14)15-6-4-5-7-15/h8-9,14-15H,4-7,10-13H2,1-3H3. The predicted molar refractivity (Wildman–Crippen MR) is 95.3 cm³/mol. The summed E-state index contributed by atoms with van der Waals surface area (Å²) in [6.07, 6.45) is 7.99. The first kappa shape index (κ1) is 16.0. The normalized spacial score (nSPS) is 21.8. The number of hydrogen-bond donors (Lipinski definition) is 0. The summed E-state index contributed by atoms with van der Waals surface area (Å²) in [6, 6.07) is 4.97. The van der Waals surface area contributed by atoms with Crippen molar-refractivity contribution in [2.24, 2.45) is 0 Å². The molecule has 5 heteroatoms. The molecular formula is C19H29N5. The minimum absolute atomic E-state index is 0.0432. The third-order valence-corrected chi connectivity index (χ3v) is 5.79. The number of aromatic nitrogens is 4. The van der Waals surface area contributed by atoms with Crippen LogP contribution in [0.15, 0.2) is 12.1 Å². The van der Waals surface area contributed by atoms with Gasteiger partial charge in [-0.1, -0.05) is 33.6 Å². The topological polar surface area (TPSA) is 46.3 Å². The fourth-order valence-electron chi connectivity index (χ4n) is 4.25. The molecule has 1 aliphatic carbocycles. The van der Waals surface area contributed by atoms with Crippen molar-refractivity contribution >= 4 is 5.65 Å². The molecule has 3 heterocycles. The van der Waals surface area contributed by atoms with Crippen molar-refractivity contribution in [2.75, 3.05) is 13.1 Å². The van der Waals surface area contributed by atoms with Gasteiger partial charge in [-0.05, 0) is 50.9 Å². The summed E-state index contributed by atoms with van der Waals surface area (Å²) in [6.45, 7) is 8.99. The Balaban J connectivity index is 1.54. The molecule has 0 aromatic carbocycles. The molecule has 0 unspecified atom stereocenters. The number of piperidine rings is 1. The predicted octanol–water partition coefficient (Wildman–Crippen LogP) is 3.54. The quantitative estimate of drug-likeness (QED) is 0.846. The van der Waals surface area contributed by atoms with E-state index in [1.54, 1.807) is 0 Å². The molecule has 2 aliphatic rings. The fraction of sp³-hybridized carbons (Fsp3) is 0.737. The van der Waals surface area contributed by atoms with E-state index in [0.717, 1.165) is 23.2 Å². The van der Waals surface area contributed by atoms with Crippen molar-refractivity contribution in [2.45, 2.75) is 76.7 Å². The Morgan fingerprint density at radius 2 is 1.67 bits per heavy atom. The highest BCUT2D eigenvalue weighted by Gasteiger charge is 2.30. The second-order valence-corrected chi connectivity index (χ2v) is 8.55. The average molecular weight is 327 g/mol. The van der Waals surface area contributed by atoms with Crippen molar-refractivity contribution in [1.29, 1.82) is 0 Å². The van der Waals surface area contributed by atoms with Gasteiger partial charge in [0, 0.05) is 17.4 Å². The zero-order valence-corrected chi connectivity index (χ0v) is 15.2. The third kappa shape index (κ3) is 2.94. The van der Waals surface area contributed by atoms with Gasteiger partial charge in [-0.15, -0.1) is 10.2 Å². The molecule has 0 atom stereocenters. The van der Waals surface area contributed by atoms with Crippen LogP contribution in [-0.4, -0.2) is 43.8 Å². The lowest BCUT2D eigenvalue weighted by atomic mass is 9.92. The minimum Gasteiger partial charge on any atom is -0.300 e. The summed E-state index contributed by atoms with van der Waals surface area (Å²) in [5, 5.41) is 13.7. The summed E-state index contributed by atoms with van der Waals surface area (Å²) in [7, 11) is 0. The summed E-state index contributed by atoms with van der Waals surface area (Å²) in [4.78, 5) is 2.71. The van der Waals surface area contributed by atoms with E-state index in [4.69, 9.17) is 5.10 Å². The van der Waals surface area contributed by atoms with E-state index < -0.39 is 0 Å². The number of likely N-dealkylation sites (tertiary alicyclic amines) is 1. The first-order valence-electron chi connectivity index (χ1n) is 9.49. The zero-order chi connectivity index (χ0) is 16.7. The molecule has 1 aliphatic heterocycles. The maximum Gasteiger partial charge on any atom is 0.177 e. The van der Waals surface area contributed by atoms with Crippen molar-refractivity contribution in [3.05, 3.63) is 23.7 Å². The SMILES string of the molecule is CC(C)(C)c1ccc2nnc(C3CCN(C4CCCC4)CC3)n2n1. The molecule has 0 bridgehead atoms. The fourth-order valence-corrected chi connectivity index (χ4v) is 4.25. The van der Waals surface area contributed by atoms with Gasteiger partial charge in [-0.25, -0.2) is 0 Å². The van der Waals surface area contributed by atoms with Crippen LogP contribution in [0.5, 0.6) is 0 Å². The van der Waals surface area contributed by atoms with E-state index in [9.17, 15) is 0 Å². The van der Waals surface area contributed by atoms with Gasteiger partial charge < -0.3 is 4.90 Å². The number of nitrogens with zero attached hydrogens (tertiary/aromatic N) is 5. The van der Waals surface area contributed by atoms with E-state index in [1.165, 1.54) is 51.6 Å². The van der Waals surface area contributed by atoms with Crippen molar-refractivity contribution in [3.63, 3.8) is 0 Å². The summed E-state index contributed by atoms with van der Waals surface area (Å²) >= 11 is 0. The minimum atomic E-state index is 0.0432. The van der Waals surface area contributed by atoms with Crippen LogP contribution in [0, 0.1) is 0 Å². The van der Waals surface area contributed by atoms with Crippen LogP contribution in [0.25, 0.3) is 5.65 Å². The summed E-state index contributed by atoms with van der Waals surface area (Å²) in [5.74, 6) is 1.54. The molecular weight excluding hydrogens is 298 g/mol. The first-order valence-corrected chi connectivity index (χ1v) is 9.49. The van der Waals surface area contributed by atoms with Crippen LogP contribution in [0.4, 0.5) is 0 Å². The maximum absolute atomic E-state index is 4.86. The second-order valence-electron chi connectivity index (χ2n) is 8.55. The zero-order valence-electron chi connectivity index (χ0n) is 15.2. The van der Waals surface area contributed by atoms with Crippen molar-refractivity contribution in [1.82, 2.24) is 24.7 Å². The van der Waals surface area contributed by atoms with Crippen LogP contribution < -0.4 is 0 Å². The summed E-state index contributed by atoms with van der Waals surface area (Å²) in [5.41, 5.74) is 2.01. The lowest BCUT2D eigenvalue weighted by Crippen LogP contribution is -2.39. The van der Waals surface area contributed by atoms with E-state index in [1.807, 2.05) is 4.52 Å². The van der Waals surface area contributed by atoms with Gasteiger partial charge in [0.2, 0.25) is 0 Å². The van der Waals surface area contributed by atoms with Gasteiger partial charge in [-0.2, -0.15) is 9.61 Å². The molecule has 1 saturated carbocycles. The number of hydrogen-bond acceptors (Lipinski definition) is 4. The van der Waals surface area contributed by atoms with Crippen LogP contribution in [-0.2, 0) is 5.41 Å². The lowest BCUT2D eigenvalue weighted by Gasteiger charge is -2.35. The van der Waals surface area contributed by atoms with Gasteiger partial charge in [0.15, 0.2) is 11.5 Å². The molecule has 2 aromatic rings. The van der Waals surface area contributed by atoms with Gasteiger partial charge in [-0.3, -0.25) is 0 Å². The number of fused-ring (bicyclic) bond motifs is 1. The van der Waals surface area contributed by atoms with E-state index >= 15 is 0 Å². The highest BCUT2D eigenvalue weighted by atomic mass is 15.4. The highest BCUT2D eigenvalue weighted by molar-refractivity contribution is 5.37. The molecule has 0 spiro atoms. The molecule has 2 aromatic heterocycles. The smallest absolute Gasteiger partial charge is 0.177 e. The molecule has 0 amide bonds. The largest absolute Gasteiger partial charge is 0.300 e. The monoisotopic (exact) mass is 327 g/mol. The first-order chi connectivity index (χ1) is 11.5. The average Bonchev–Trinajstić information content (AvgIpc) is 3.23. The molecule has 1 saturated heterocycles. The maximum atomic E-state index is 4.86. The lowest BCUT2D eigenvalue weighted by molar-refractivity contribution is 0.151. The van der Waals surface area contributed by atoms with Crippen LogP contribution in [0.3, 0.4) is 0 Å². The summed E-state index contributed by atoms with van der Waals surface area (Å²) < 4.78 is 2.00. The molecule has 2 fully saturated rings. The van der Waals surface area contributed by atoms with E-state index in [-0.39, 0.29) is 5.41 Å². The third-order valence-electron chi connectivity index (χ3n) is 5.79. The Labute approximate surface area is 144 Å². The Morgan fingerprint density at radius 1 is 0.958 bits per heavy atom. The van der Waals surface area contributed by atoms with Crippen molar-refractivity contribution < 1.29 is 0 Å². The Kier molecular flexibility index (Phi) is 4.07. The second kappa shape index (κ2) is 6.10. The van der Waals surface area contributed by atoms with Gasteiger partial charge in [0.25, 0.3) is 0 Å². The highest BCUT2D eigenvalue weighted by Crippen LogP contribution is 2.32. The van der Waals surface area contributed by atoms with Crippen LogP contribution in [0.2, 0.25) is 0 Å². The molecule has 0 N–H and O–H groups in total. The molecule has 5 nitrogen and oxygen atoms in total. The van der Waals surface area contributed by atoms with Crippen LogP contribution in [0.1, 0.15) is 76.7 Å². The molecule has 24 heavy (non-hydrogen) atoms. The molecule has 0 radical (unpaired) electrons. The Hall–Kier alpha value is -1.49. The Bertz CT molecular complexity index is 700. The van der Waals surface area contributed by atoms with Crippen LogP contribution >= 0.6 is 0 Å². The van der Waals surface area contributed by atoms with E-state index in [0.29, 0.717) is 5.92 Å². The van der Waals surface area contributed by atoms with Gasteiger partial charge in [0.1, 0.15) is 0 Å². The van der Waals surface area contributed by atoms with Gasteiger partial charge in [0.05, 0.1) is 5.69 Å². The number of rotatable bonds is 2. The molecule has 130 valence electrons. The Morgan fingerprint density at radius 3 is 2.33 bits per heavy atom. The van der Waals surface area contributed by atoms with E-state index in [2.05, 4.69) is 48.0 Å².